The van der Waals surface area contributed by atoms with Crippen molar-refractivity contribution in [2.45, 2.75) is 38.9 Å². The number of nitrogens with one attached hydrogen (secondary N) is 2. The van der Waals surface area contributed by atoms with E-state index in [0.717, 1.165) is 32.0 Å². The Morgan fingerprint density at radius 2 is 2.04 bits per heavy atom. The molecule has 1 aromatic rings. The molecule has 8 heteroatoms. The van der Waals surface area contributed by atoms with Gasteiger partial charge >= 0.3 is 0 Å². The summed E-state index contributed by atoms with van der Waals surface area (Å²) in [7, 11) is -2.98. The number of likely N-dealkylation sites (tertiary alicyclic amines) is 1. The summed E-state index contributed by atoms with van der Waals surface area (Å²) in [6, 6.07) is 11.4. The van der Waals surface area contributed by atoms with Gasteiger partial charge < -0.3 is 15.4 Å². The van der Waals surface area contributed by atoms with E-state index in [1.807, 2.05) is 13.0 Å². The fourth-order valence-corrected chi connectivity index (χ4v) is 3.71. The Morgan fingerprint density at radius 1 is 1.29 bits per heavy atom. The third-order valence-electron chi connectivity index (χ3n) is 4.72. The predicted molar refractivity (Wildman–Crippen MR) is 114 cm³/mol. The molecular weight excluding hydrogens is 376 g/mol. The Labute approximate surface area is 169 Å². The lowest BCUT2D eigenvalue weighted by Crippen LogP contribution is -2.44. The molecule has 0 spiro atoms. The molecule has 0 aliphatic carbocycles. The van der Waals surface area contributed by atoms with E-state index in [9.17, 15) is 8.42 Å². The third kappa shape index (κ3) is 8.58. The summed E-state index contributed by atoms with van der Waals surface area (Å²) < 4.78 is 27.5. The zero-order valence-electron chi connectivity index (χ0n) is 17.2. The van der Waals surface area contributed by atoms with E-state index in [0.29, 0.717) is 25.2 Å². The van der Waals surface area contributed by atoms with E-state index in [2.05, 4.69) is 51.7 Å². The lowest BCUT2D eigenvalue weighted by atomic mass is 10.2. The zero-order chi connectivity index (χ0) is 20.4. The number of benzene rings is 1. The van der Waals surface area contributed by atoms with Gasteiger partial charge in [0, 0.05) is 38.0 Å². The summed E-state index contributed by atoms with van der Waals surface area (Å²) in [6.07, 6.45) is 2.29. The van der Waals surface area contributed by atoms with Crippen LogP contribution in [0.25, 0.3) is 0 Å². The van der Waals surface area contributed by atoms with Gasteiger partial charge in [-0.05, 0) is 25.8 Å². The van der Waals surface area contributed by atoms with Crippen LogP contribution in [0.2, 0.25) is 0 Å². The van der Waals surface area contributed by atoms with Crippen molar-refractivity contribution < 1.29 is 13.2 Å². The van der Waals surface area contributed by atoms with Gasteiger partial charge in [0.2, 0.25) is 0 Å². The number of sulfone groups is 1. The first-order valence-electron chi connectivity index (χ1n) is 9.95. The number of rotatable bonds is 10. The second kappa shape index (κ2) is 11.4. The summed E-state index contributed by atoms with van der Waals surface area (Å²) in [6.45, 7) is 8.16. The molecular formula is C20H34N4O3S. The first-order chi connectivity index (χ1) is 13.4. The second-order valence-corrected chi connectivity index (χ2v) is 9.60. The van der Waals surface area contributed by atoms with Crippen molar-refractivity contribution in [3.63, 3.8) is 0 Å². The van der Waals surface area contributed by atoms with Crippen molar-refractivity contribution in [1.29, 1.82) is 0 Å². The van der Waals surface area contributed by atoms with Gasteiger partial charge in [0.25, 0.3) is 0 Å². The van der Waals surface area contributed by atoms with Gasteiger partial charge in [0.15, 0.2) is 5.96 Å². The van der Waals surface area contributed by atoms with Gasteiger partial charge in [0.1, 0.15) is 9.84 Å². The van der Waals surface area contributed by atoms with Gasteiger partial charge in [-0.15, -0.1) is 0 Å². The van der Waals surface area contributed by atoms with Gasteiger partial charge in [-0.25, -0.2) is 8.42 Å². The van der Waals surface area contributed by atoms with Crippen molar-refractivity contribution in [3.05, 3.63) is 35.9 Å². The van der Waals surface area contributed by atoms with Crippen LogP contribution in [0.1, 0.15) is 25.8 Å². The van der Waals surface area contributed by atoms with Gasteiger partial charge in [-0.2, -0.15) is 0 Å². The van der Waals surface area contributed by atoms with Crippen molar-refractivity contribution in [2.24, 2.45) is 4.99 Å². The highest BCUT2D eigenvalue weighted by molar-refractivity contribution is 7.90. The van der Waals surface area contributed by atoms with E-state index in [1.165, 1.54) is 11.8 Å². The Hall–Kier alpha value is -1.64. The average Bonchev–Trinajstić information content (AvgIpc) is 2.97. The second-order valence-electron chi connectivity index (χ2n) is 7.34. The molecule has 1 fully saturated rings. The molecule has 1 aliphatic heterocycles. The lowest BCUT2D eigenvalue weighted by molar-refractivity contribution is 0.157. The summed E-state index contributed by atoms with van der Waals surface area (Å²) in [5.74, 6) is 0.833. The number of ether oxygens (including phenoxy) is 1. The molecule has 1 aliphatic rings. The van der Waals surface area contributed by atoms with Gasteiger partial charge in [0.05, 0.1) is 25.5 Å². The summed E-state index contributed by atoms with van der Waals surface area (Å²) in [5, 5.41) is 6.80. The maximum absolute atomic E-state index is 11.1. The molecule has 7 nitrogen and oxygen atoms in total. The normalized spacial score (nSPS) is 21.0. The monoisotopic (exact) mass is 410 g/mol. The summed E-state index contributed by atoms with van der Waals surface area (Å²) in [4.78, 5) is 7.04. The topological polar surface area (TPSA) is 83.0 Å². The molecule has 2 atom stereocenters. The molecule has 0 radical (unpaired) electrons. The van der Waals surface area contributed by atoms with Crippen molar-refractivity contribution in [1.82, 2.24) is 15.5 Å². The van der Waals surface area contributed by atoms with E-state index >= 15 is 0 Å². The standard InChI is InChI=1S/C20H34N4O3S/c1-4-21-20(22-10-11-27-12-13-28(3,25)26)23-19-14-17(2)24(16-19)15-18-8-6-5-7-9-18/h5-9,17,19H,4,10-16H2,1-3H3,(H2,21,22,23). The molecule has 1 heterocycles. The molecule has 2 rings (SSSR count). The van der Waals surface area contributed by atoms with Crippen LogP contribution >= 0.6 is 0 Å². The molecule has 158 valence electrons. The highest BCUT2D eigenvalue weighted by atomic mass is 32.2. The third-order valence-corrected chi connectivity index (χ3v) is 5.63. The maximum atomic E-state index is 11.1. The molecule has 0 aromatic heterocycles. The van der Waals surface area contributed by atoms with Crippen LogP contribution in [-0.2, 0) is 21.1 Å². The minimum Gasteiger partial charge on any atom is -0.378 e. The molecule has 2 unspecified atom stereocenters. The Kier molecular flexibility index (Phi) is 9.21. The summed E-state index contributed by atoms with van der Waals surface area (Å²) in [5.41, 5.74) is 1.34. The number of aliphatic imine (C=N–C) groups is 1. The molecule has 0 saturated carbocycles. The number of guanidine groups is 1. The molecule has 0 bridgehead atoms. The first-order valence-corrected chi connectivity index (χ1v) is 12.0. The predicted octanol–water partition coefficient (Wildman–Crippen LogP) is 1.27. The molecule has 0 amide bonds. The minimum atomic E-state index is -2.98. The van der Waals surface area contributed by atoms with E-state index < -0.39 is 9.84 Å². The van der Waals surface area contributed by atoms with Crippen LogP contribution in [0.4, 0.5) is 0 Å². The highest BCUT2D eigenvalue weighted by Crippen LogP contribution is 2.20. The highest BCUT2D eigenvalue weighted by Gasteiger charge is 2.29. The van der Waals surface area contributed by atoms with Crippen LogP contribution in [-0.4, -0.2) is 76.2 Å². The molecule has 1 saturated heterocycles. The van der Waals surface area contributed by atoms with Crippen LogP contribution in [0.3, 0.4) is 0 Å². The van der Waals surface area contributed by atoms with E-state index in [1.54, 1.807) is 0 Å². The van der Waals surface area contributed by atoms with Crippen molar-refractivity contribution in [2.75, 3.05) is 44.9 Å². The van der Waals surface area contributed by atoms with Crippen molar-refractivity contribution in [3.8, 4) is 0 Å². The number of hydrogen-bond acceptors (Lipinski definition) is 5. The zero-order valence-corrected chi connectivity index (χ0v) is 18.0. The SMILES string of the molecule is CCNC(=NCCOCCS(C)(=O)=O)NC1CC(C)N(Cc2ccccc2)C1. The van der Waals surface area contributed by atoms with E-state index in [4.69, 9.17) is 4.74 Å². The van der Waals surface area contributed by atoms with Gasteiger partial charge in [-0.1, -0.05) is 30.3 Å². The van der Waals surface area contributed by atoms with Crippen LogP contribution in [0.5, 0.6) is 0 Å². The Bertz CT molecular complexity index is 709. The fourth-order valence-electron chi connectivity index (χ4n) is 3.29. The molecule has 2 N–H and O–H groups in total. The van der Waals surface area contributed by atoms with Crippen molar-refractivity contribution >= 4 is 15.8 Å². The number of hydrogen-bond donors (Lipinski definition) is 2. The molecule has 28 heavy (non-hydrogen) atoms. The van der Waals surface area contributed by atoms with E-state index in [-0.39, 0.29) is 12.4 Å². The average molecular weight is 411 g/mol. The van der Waals surface area contributed by atoms with Gasteiger partial charge in [-0.3, -0.25) is 9.89 Å². The minimum absolute atomic E-state index is 0.0479. The van der Waals surface area contributed by atoms with Crippen LogP contribution < -0.4 is 10.6 Å². The Balaban J connectivity index is 1.78. The van der Waals surface area contributed by atoms with Crippen LogP contribution in [0, 0.1) is 0 Å². The summed E-state index contributed by atoms with van der Waals surface area (Å²) >= 11 is 0. The maximum Gasteiger partial charge on any atom is 0.191 e. The lowest BCUT2D eigenvalue weighted by Gasteiger charge is -2.21. The fraction of sp³-hybridized carbons (Fsp3) is 0.650. The Morgan fingerprint density at radius 3 is 2.71 bits per heavy atom. The molecule has 1 aromatic carbocycles. The quantitative estimate of drug-likeness (QED) is 0.343. The number of nitrogens with zero attached hydrogens (tertiary/aromatic N) is 2. The largest absolute Gasteiger partial charge is 0.378 e. The first kappa shape index (κ1) is 22.6. The smallest absolute Gasteiger partial charge is 0.191 e. The van der Waals surface area contributed by atoms with Crippen LogP contribution in [0.15, 0.2) is 35.3 Å².